The van der Waals surface area contributed by atoms with Gasteiger partial charge in [0.2, 0.25) is 5.91 Å². The Labute approximate surface area is 138 Å². The van der Waals surface area contributed by atoms with Crippen LogP contribution in [0.1, 0.15) is 37.7 Å². The van der Waals surface area contributed by atoms with E-state index in [1.54, 1.807) is 7.05 Å². The topological polar surface area (TPSA) is 56.7 Å². The Morgan fingerprint density at radius 1 is 1.30 bits per heavy atom. The Kier molecular flexibility index (Phi) is 5.16. The minimum absolute atomic E-state index is 0.140. The van der Waals surface area contributed by atoms with Crippen LogP contribution in [0.15, 0.2) is 29.3 Å². The largest absolute Gasteiger partial charge is 0.355 e. The van der Waals surface area contributed by atoms with Crippen molar-refractivity contribution in [1.82, 2.24) is 10.6 Å². The third-order valence-electron chi connectivity index (χ3n) is 4.71. The molecule has 1 aliphatic carbocycles. The Morgan fingerprint density at radius 2 is 2.09 bits per heavy atom. The summed E-state index contributed by atoms with van der Waals surface area (Å²) in [4.78, 5) is 18.6. The molecule has 2 N–H and O–H groups in total. The quantitative estimate of drug-likeness (QED) is 0.661. The van der Waals surface area contributed by atoms with Crippen molar-refractivity contribution in [3.8, 4) is 0 Å². The maximum absolute atomic E-state index is 12.0. The Hall–Kier alpha value is -2.04. The summed E-state index contributed by atoms with van der Waals surface area (Å²) in [5, 5.41) is 6.45. The van der Waals surface area contributed by atoms with Crippen LogP contribution in [0.25, 0.3) is 0 Å². The van der Waals surface area contributed by atoms with Gasteiger partial charge in [-0.15, -0.1) is 0 Å². The normalized spacial score (nSPS) is 18.1. The smallest absolute Gasteiger partial charge is 0.221 e. The van der Waals surface area contributed by atoms with Gasteiger partial charge in [0.1, 0.15) is 0 Å². The molecule has 1 aliphatic heterocycles. The zero-order chi connectivity index (χ0) is 16.1. The molecule has 2 aliphatic rings. The number of guanidine groups is 1. The summed E-state index contributed by atoms with van der Waals surface area (Å²) in [5.41, 5.74) is 2.57. The van der Waals surface area contributed by atoms with E-state index in [9.17, 15) is 4.79 Å². The molecule has 0 spiro atoms. The molecule has 1 aromatic rings. The average Bonchev–Trinajstić information content (AvgIpc) is 3.21. The molecule has 0 radical (unpaired) electrons. The third-order valence-corrected chi connectivity index (χ3v) is 4.71. The number of hydrogen-bond acceptors (Lipinski definition) is 2. The van der Waals surface area contributed by atoms with Crippen LogP contribution in [-0.4, -0.2) is 38.0 Å². The minimum atomic E-state index is 0.140. The second-order valence-corrected chi connectivity index (χ2v) is 6.30. The molecule has 0 atom stereocenters. The number of benzene rings is 1. The van der Waals surface area contributed by atoms with E-state index in [-0.39, 0.29) is 5.91 Å². The van der Waals surface area contributed by atoms with Gasteiger partial charge in [-0.1, -0.05) is 31.0 Å². The van der Waals surface area contributed by atoms with Crippen molar-refractivity contribution in [2.45, 2.75) is 44.6 Å². The predicted molar refractivity (Wildman–Crippen MR) is 93.9 cm³/mol. The van der Waals surface area contributed by atoms with E-state index >= 15 is 0 Å². The first-order valence-electron chi connectivity index (χ1n) is 8.63. The van der Waals surface area contributed by atoms with Crippen LogP contribution in [0, 0.1) is 0 Å². The van der Waals surface area contributed by atoms with Gasteiger partial charge in [0.05, 0.1) is 0 Å². The van der Waals surface area contributed by atoms with E-state index < -0.39 is 0 Å². The number of amides is 1. The van der Waals surface area contributed by atoms with E-state index in [1.807, 2.05) is 0 Å². The summed E-state index contributed by atoms with van der Waals surface area (Å²) in [6, 6.07) is 8.82. The van der Waals surface area contributed by atoms with Gasteiger partial charge >= 0.3 is 0 Å². The lowest BCUT2D eigenvalue weighted by molar-refractivity contribution is -0.121. The van der Waals surface area contributed by atoms with Gasteiger partial charge < -0.3 is 15.5 Å². The number of fused-ring (bicyclic) bond motifs is 1. The van der Waals surface area contributed by atoms with Gasteiger partial charge in [0.25, 0.3) is 0 Å². The predicted octanol–water partition coefficient (Wildman–Crippen LogP) is 2.07. The van der Waals surface area contributed by atoms with Crippen molar-refractivity contribution in [2.75, 3.05) is 25.0 Å². The molecule has 1 fully saturated rings. The number of carbonyl (C=O) groups is 1. The molecule has 1 saturated carbocycles. The Morgan fingerprint density at radius 3 is 2.87 bits per heavy atom. The summed E-state index contributed by atoms with van der Waals surface area (Å²) in [6.07, 6.45) is 6.27. The maximum atomic E-state index is 12.0. The average molecular weight is 314 g/mol. The van der Waals surface area contributed by atoms with Crippen LogP contribution in [0.4, 0.5) is 5.69 Å². The van der Waals surface area contributed by atoms with Crippen molar-refractivity contribution in [3.05, 3.63) is 29.8 Å². The fourth-order valence-corrected chi connectivity index (χ4v) is 3.51. The van der Waals surface area contributed by atoms with Gasteiger partial charge in [-0.05, 0) is 30.9 Å². The standard InChI is InChI=1S/C18H26N4O/c1-19-18(22-13-11-14-6-2-5-9-16(14)22)20-12-10-17(23)21-15-7-3-4-8-15/h2,5-6,9,15H,3-4,7-8,10-13H2,1H3,(H,19,20)(H,21,23). The molecule has 1 aromatic carbocycles. The second kappa shape index (κ2) is 7.49. The number of para-hydroxylation sites is 1. The summed E-state index contributed by atoms with van der Waals surface area (Å²) in [5.74, 6) is 0.991. The number of hydrogen-bond donors (Lipinski definition) is 2. The fraction of sp³-hybridized carbons (Fsp3) is 0.556. The zero-order valence-electron chi connectivity index (χ0n) is 13.8. The molecule has 5 heteroatoms. The van der Waals surface area contributed by atoms with E-state index in [2.05, 4.69) is 44.8 Å². The number of rotatable bonds is 4. The first kappa shape index (κ1) is 15.8. The molecule has 1 amide bonds. The Balaban J connectivity index is 1.48. The SMILES string of the molecule is CN=C(NCCC(=O)NC1CCCC1)N1CCc2ccccc21. The van der Waals surface area contributed by atoms with Crippen molar-refractivity contribution in [2.24, 2.45) is 4.99 Å². The number of anilines is 1. The first-order valence-corrected chi connectivity index (χ1v) is 8.63. The van der Waals surface area contributed by atoms with Crippen LogP contribution in [-0.2, 0) is 11.2 Å². The summed E-state index contributed by atoms with van der Waals surface area (Å²) >= 11 is 0. The minimum Gasteiger partial charge on any atom is -0.355 e. The Bertz CT molecular complexity index is 578. The first-order chi connectivity index (χ1) is 11.3. The highest BCUT2D eigenvalue weighted by Crippen LogP contribution is 2.27. The van der Waals surface area contributed by atoms with E-state index in [0.29, 0.717) is 19.0 Å². The molecular weight excluding hydrogens is 288 g/mol. The van der Waals surface area contributed by atoms with E-state index in [1.165, 1.54) is 24.1 Å². The highest BCUT2D eigenvalue weighted by Gasteiger charge is 2.22. The lowest BCUT2D eigenvalue weighted by Crippen LogP contribution is -2.42. The van der Waals surface area contributed by atoms with Gasteiger partial charge in [0.15, 0.2) is 5.96 Å². The summed E-state index contributed by atoms with van der Waals surface area (Å²) in [6.45, 7) is 1.55. The monoisotopic (exact) mass is 314 g/mol. The summed E-state index contributed by atoms with van der Waals surface area (Å²) in [7, 11) is 1.79. The number of nitrogens with one attached hydrogen (secondary N) is 2. The van der Waals surface area contributed by atoms with E-state index in [0.717, 1.165) is 31.8 Å². The van der Waals surface area contributed by atoms with Crippen LogP contribution < -0.4 is 15.5 Å². The van der Waals surface area contributed by atoms with Crippen molar-refractivity contribution in [1.29, 1.82) is 0 Å². The molecule has 5 nitrogen and oxygen atoms in total. The molecule has 1 heterocycles. The van der Waals surface area contributed by atoms with Crippen molar-refractivity contribution >= 4 is 17.6 Å². The maximum Gasteiger partial charge on any atom is 0.221 e. The van der Waals surface area contributed by atoms with Gasteiger partial charge in [0, 0.05) is 38.3 Å². The number of nitrogens with zero attached hydrogens (tertiary/aromatic N) is 2. The zero-order valence-corrected chi connectivity index (χ0v) is 13.8. The van der Waals surface area contributed by atoms with Gasteiger partial charge in [-0.25, -0.2) is 0 Å². The highest BCUT2D eigenvalue weighted by molar-refractivity contribution is 5.98. The van der Waals surface area contributed by atoms with Crippen LogP contribution >= 0.6 is 0 Å². The molecule has 0 saturated heterocycles. The molecule has 23 heavy (non-hydrogen) atoms. The van der Waals surface area contributed by atoms with E-state index in [4.69, 9.17) is 0 Å². The molecule has 0 unspecified atom stereocenters. The van der Waals surface area contributed by atoms with Gasteiger partial charge in [-0.2, -0.15) is 0 Å². The molecular formula is C18H26N4O. The van der Waals surface area contributed by atoms with Crippen molar-refractivity contribution < 1.29 is 4.79 Å². The van der Waals surface area contributed by atoms with Crippen LogP contribution in [0.5, 0.6) is 0 Å². The van der Waals surface area contributed by atoms with Gasteiger partial charge in [-0.3, -0.25) is 9.79 Å². The number of carbonyl (C=O) groups excluding carboxylic acids is 1. The fourth-order valence-electron chi connectivity index (χ4n) is 3.51. The molecule has 124 valence electrons. The number of aliphatic imine (C=N–C) groups is 1. The lowest BCUT2D eigenvalue weighted by Gasteiger charge is -2.22. The molecule has 3 rings (SSSR count). The second-order valence-electron chi connectivity index (χ2n) is 6.30. The molecule has 0 aromatic heterocycles. The van der Waals surface area contributed by atoms with Crippen LogP contribution in [0.2, 0.25) is 0 Å². The van der Waals surface area contributed by atoms with Crippen LogP contribution in [0.3, 0.4) is 0 Å². The third kappa shape index (κ3) is 3.84. The van der Waals surface area contributed by atoms with Crippen molar-refractivity contribution in [3.63, 3.8) is 0 Å². The highest BCUT2D eigenvalue weighted by atomic mass is 16.1. The summed E-state index contributed by atoms with van der Waals surface area (Å²) < 4.78 is 0. The molecule has 0 bridgehead atoms. The lowest BCUT2D eigenvalue weighted by atomic mass is 10.2.